The lowest BCUT2D eigenvalue weighted by Crippen LogP contribution is -2.34. The van der Waals surface area contributed by atoms with Gasteiger partial charge in [0.25, 0.3) is 0 Å². The minimum Gasteiger partial charge on any atom is -0.334 e. The molecular weight excluding hydrogens is 250 g/mol. The summed E-state index contributed by atoms with van der Waals surface area (Å²) in [6.45, 7) is 6.49. The quantitative estimate of drug-likeness (QED) is 0.910. The van der Waals surface area contributed by atoms with Gasteiger partial charge in [-0.3, -0.25) is 10.00 Å². The highest BCUT2D eigenvalue weighted by Crippen LogP contribution is 2.25. The van der Waals surface area contributed by atoms with Gasteiger partial charge in [-0.25, -0.2) is 4.98 Å². The Morgan fingerprint density at radius 3 is 3.15 bits per heavy atom. The fourth-order valence-electron chi connectivity index (χ4n) is 3.08. The summed E-state index contributed by atoms with van der Waals surface area (Å²) in [5.41, 5.74) is 1.27. The normalized spacial score (nSPS) is 20.4. The first-order valence-electron chi connectivity index (χ1n) is 7.58. The smallest absolute Gasteiger partial charge is 0.122 e. The molecule has 1 saturated heterocycles. The number of nitrogens with zero attached hydrogens (tertiary/aromatic N) is 4. The van der Waals surface area contributed by atoms with E-state index in [4.69, 9.17) is 0 Å². The lowest BCUT2D eigenvalue weighted by atomic mass is 9.95. The van der Waals surface area contributed by atoms with Crippen molar-refractivity contribution in [1.82, 2.24) is 24.6 Å². The molecule has 0 radical (unpaired) electrons. The molecule has 1 fully saturated rings. The minimum absolute atomic E-state index is 0.584. The maximum Gasteiger partial charge on any atom is 0.122 e. The topological polar surface area (TPSA) is 49.7 Å². The van der Waals surface area contributed by atoms with Gasteiger partial charge < -0.3 is 4.57 Å². The molecule has 0 spiro atoms. The lowest BCUT2D eigenvalue weighted by Gasteiger charge is -2.31. The Kier molecular flexibility index (Phi) is 4.16. The monoisotopic (exact) mass is 273 g/mol. The standard InChI is InChI=1S/C15H23N5/c1-2-8-20-10-7-16-15(20)12-19-9-3-4-13(11-19)14-5-6-17-18-14/h5-7,10,13H,2-4,8-9,11-12H2,1H3,(H,17,18)/t13-/m1/s1. The number of rotatable bonds is 5. The van der Waals surface area contributed by atoms with Crippen LogP contribution in [-0.4, -0.2) is 37.7 Å². The van der Waals surface area contributed by atoms with Gasteiger partial charge in [0.05, 0.1) is 6.54 Å². The van der Waals surface area contributed by atoms with Gasteiger partial charge in [-0.2, -0.15) is 5.10 Å². The van der Waals surface area contributed by atoms with Crippen LogP contribution in [0, 0.1) is 0 Å². The van der Waals surface area contributed by atoms with Crippen molar-refractivity contribution in [2.75, 3.05) is 13.1 Å². The van der Waals surface area contributed by atoms with Crippen molar-refractivity contribution >= 4 is 0 Å². The molecule has 20 heavy (non-hydrogen) atoms. The molecule has 5 nitrogen and oxygen atoms in total. The molecule has 3 heterocycles. The van der Waals surface area contributed by atoms with E-state index in [2.05, 4.69) is 43.8 Å². The third-order valence-corrected chi connectivity index (χ3v) is 4.10. The maximum absolute atomic E-state index is 4.52. The molecule has 2 aromatic heterocycles. The Bertz CT molecular complexity index is 516. The molecule has 0 bridgehead atoms. The van der Waals surface area contributed by atoms with E-state index in [0.29, 0.717) is 5.92 Å². The van der Waals surface area contributed by atoms with Crippen LogP contribution in [0.1, 0.15) is 43.6 Å². The van der Waals surface area contributed by atoms with Crippen LogP contribution >= 0.6 is 0 Å². The second-order valence-corrected chi connectivity index (χ2v) is 5.62. The Labute approximate surface area is 120 Å². The average Bonchev–Trinajstić information content (AvgIpc) is 3.12. The van der Waals surface area contributed by atoms with Crippen molar-refractivity contribution in [3.63, 3.8) is 0 Å². The summed E-state index contributed by atoms with van der Waals surface area (Å²) in [6.07, 6.45) is 9.51. The van der Waals surface area contributed by atoms with Crippen molar-refractivity contribution in [3.05, 3.63) is 36.2 Å². The number of imidazole rings is 1. The van der Waals surface area contributed by atoms with Crippen LogP contribution in [0.15, 0.2) is 24.7 Å². The summed E-state index contributed by atoms with van der Waals surface area (Å²) in [7, 11) is 0. The molecule has 0 unspecified atom stereocenters. The first kappa shape index (κ1) is 13.4. The molecule has 1 N–H and O–H groups in total. The van der Waals surface area contributed by atoms with Gasteiger partial charge in [0, 0.05) is 43.3 Å². The van der Waals surface area contributed by atoms with E-state index in [1.165, 1.54) is 30.9 Å². The summed E-state index contributed by atoms with van der Waals surface area (Å²) in [6, 6.07) is 2.10. The summed E-state index contributed by atoms with van der Waals surface area (Å²) in [4.78, 5) is 7.04. The average molecular weight is 273 g/mol. The van der Waals surface area contributed by atoms with E-state index in [9.17, 15) is 0 Å². The van der Waals surface area contributed by atoms with Crippen LogP contribution in [-0.2, 0) is 13.1 Å². The second kappa shape index (κ2) is 6.22. The fraction of sp³-hybridized carbons (Fsp3) is 0.600. The molecule has 0 aliphatic carbocycles. The molecule has 108 valence electrons. The number of likely N-dealkylation sites (tertiary alicyclic amines) is 1. The fourth-order valence-corrected chi connectivity index (χ4v) is 3.08. The van der Waals surface area contributed by atoms with E-state index in [0.717, 1.165) is 26.1 Å². The molecule has 1 aliphatic heterocycles. The van der Waals surface area contributed by atoms with E-state index in [-0.39, 0.29) is 0 Å². The largest absolute Gasteiger partial charge is 0.334 e. The van der Waals surface area contributed by atoms with Crippen molar-refractivity contribution in [2.24, 2.45) is 0 Å². The maximum atomic E-state index is 4.52. The third-order valence-electron chi connectivity index (χ3n) is 4.10. The highest BCUT2D eigenvalue weighted by molar-refractivity contribution is 5.07. The van der Waals surface area contributed by atoms with Crippen LogP contribution in [0.5, 0.6) is 0 Å². The van der Waals surface area contributed by atoms with Crippen molar-refractivity contribution in [2.45, 2.75) is 45.2 Å². The Morgan fingerprint density at radius 2 is 2.35 bits per heavy atom. The number of aryl methyl sites for hydroxylation is 1. The Balaban J connectivity index is 1.64. The second-order valence-electron chi connectivity index (χ2n) is 5.62. The molecule has 0 aromatic carbocycles. The van der Waals surface area contributed by atoms with E-state index >= 15 is 0 Å². The third kappa shape index (κ3) is 2.93. The predicted octanol–water partition coefficient (Wildman–Crippen LogP) is 2.40. The summed E-state index contributed by atoms with van der Waals surface area (Å²) < 4.78 is 2.28. The predicted molar refractivity (Wildman–Crippen MR) is 78.4 cm³/mol. The summed E-state index contributed by atoms with van der Waals surface area (Å²) in [5.74, 6) is 1.78. The molecule has 3 rings (SSSR count). The van der Waals surface area contributed by atoms with Crippen molar-refractivity contribution < 1.29 is 0 Å². The highest BCUT2D eigenvalue weighted by Gasteiger charge is 2.23. The number of piperidine rings is 1. The Morgan fingerprint density at radius 1 is 1.40 bits per heavy atom. The van der Waals surface area contributed by atoms with Gasteiger partial charge in [-0.05, 0) is 31.9 Å². The van der Waals surface area contributed by atoms with E-state index in [1.54, 1.807) is 0 Å². The molecule has 5 heteroatoms. The summed E-state index contributed by atoms with van der Waals surface area (Å²) in [5, 5.41) is 7.20. The number of H-pyrrole nitrogens is 1. The van der Waals surface area contributed by atoms with Gasteiger partial charge in [0.2, 0.25) is 0 Å². The zero-order chi connectivity index (χ0) is 13.8. The molecule has 2 aromatic rings. The van der Waals surface area contributed by atoms with Crippen molar-refractivity contribution in [3.8, 4) is 0 Å². The SMILES string of the molecule is CCCn1ccnc1CN1CCC[C@@H](c2ccn[nH]2)C1. The number of hydrogen-bond acceptors (Lipinski definition) is 3. The van der Waals surface area contributed by atoms with Gasteiger partial charge in [0.1, 0.15) is 5.82 Å². The van der Waals surface area contributed by atoms with Gasteiger partial charge >= 0.3 is 0 Å². The zero-order valence-corrected chi connectivity index (χ0v) is 12.1. The molecule has 0 saturated carbocycles. The molecular formula is C15H23N5. The molecule has 1 atom stereocenters. The Hall–Kier alpha value is -1.62. The van der Waals surface area contributed by atoms with Crippen LogP contribution in [0.4, 0.5) is 0 Å². The number of nitrogens with one attached hydrogen (secondary N) is 1. The number of hydrogen-bond donors (Lipinski definition) is 1. The van der Waals surface area contributed by atoms with E-state index < -0.39 is 0 Å². The first-order valence-corrected chi connectivity index (χ1v) is 7.58. The highest BCUT2D eigenvalue weighted by atomic mass is 15.2. The van der Waals surface area contributed by atoms with Gasteiger partial charge in [-0.1, -0.05) is 6.92 Å². The van der Waals surface area contributed by atoms with Gasteiger partial charge in [-0.15, -0.1) is 0 Å². The van der Waals surface area contributed by atoms with E-state index in [1.807, 2.05) is 12.4 Å². The van der Waals surface area contributed by atoms with Crippen molar-refractivity contribution in [1.29, 1.82) is 0 Å². The zero-order valence-electron chi connectivity index (χ0n) is 12.1. The summed E-state index contributed by atoms with van der Waals surface area (Å²) >= 11 is 0. The van der Waals surface area contributed by atoms with Crippen LogP contribution in [0.3, 0.4) is 0 Å². The van der Waals surface area contributed by atoms with Crippen LogP contribution < -0.4 is 0 Å². The van der Waals surface area contributed by atoms with Gasteiger partial charge in [0.15, 0.2) is 0 Å². The minimum atomic E-state index is 0.584. The number of aromatic amines is 1. The van der Waals surface area contributed by atoms with Crippen LogP contribution in [0.2, 0.25) is 0 Å². The lowest BCUT2D eigenvalue weighted by molar-refractivity contribution is 0.192. The molecule has 1 aliphatic rings. The van der Waals surface area contributed by atoms with Crippen LogP contribution in [0.25, 0.3) is 0 Å². The first-order chi connectivity index (χ1) is 9.86. The molecule has 0 amide bonds. The number of aromatic nitrogens is 4.